The number of anilines is 1. The van der Waals surface area contributed by atoms with Crippen LogP contribution in [0.1, 0.15) is 16.8 Å². The van der Waals surface area contributed by atoms with Crippen LogP contribution in [0.5, 0.6) is 0 Å². The van der Waals surface area contributed by atoms with Crippen LogP contribution < -0.4 is 4.90 Å². The molecule has 1 saturated heterocycles. The van der Waals surface area contributed by atoms with Gasteiger partial charge in [0.2, 0.25) is 0 Å². The minimum Gasteiger partial charge on any atom is -0.478 e. The Kier molecular flexibility index (Phi) is 4.42. The molecule has 1 N–H and O–H groups in total. The molecule has 1 aliphatic heterocycles. The van der Waals surface area contributed by atoms with E-state index in [-0.39, 0.29) is 11.3 Å². The number of likely N-dealkylation sites (tertiary alicyclic amines) is 1. The molecule has 0 amide bonds. The van der Waals surface area contributed by atoms with Crippen molar-refractivity contribution in [2.45, 2.75) is 6.42 Å². The van der Waals surface area contributed by atoms with E-state index in [1.807, 2.05) is 7.05 Å². The second-order valence-electron chi connectivity index (χ2n) is 5.56. The van der Waals surface area contributed by atoms with Crippen LogP contribution in [0.4, 0.5) is 11.4 Å². The van der Waals surface area contributed by atoms with E-state index < -0.39 is 10.9 Å². The smallest absolute Gasteiger partial charge is 0.335 e. The first-order chi connectivity index (χ1) is 9.88. The average Bonchev–Trinajstić information content (AvgIpc) is 2.83. The number of benzene rings is 1. The fraction of sp³-hybridized carbons (Fsp3) is 0.500. The van der Waals surface area contributed by atoms with E-state index in [9.17, 15) is 14.9 Å². The number of nitro groups is 1. The summed E-state index contributed by atoms with van der Waals surface area (Å²) in [5.41, 5.74) is 0.356. The van der Waals surface area contributed by atoms with Gasteiger partial charge in [-0.3, -0.25) is 10.1 Å². The third-order valence-corrected chi connectivity index (χ3v) is 3.85. The normalized spacial score (nSPS) is 18.7. The molecular formula is C14H19N3O4. The molecule has 1 unspecified atom stereocenters. The van der Waals surface area contributed by atoms with Crippen molar-refractivity contribution in [2.75, 3.05) is 38.6 Å². The van der Waals surface area contributed by atoms with E-state index >= 15 is 0 Å². The van der Waals surface area contributed by atoms with E-state index in [2.05, 4.69) is 4.90 Å². The number of hydrogen-bond acceptors (Lipinski definition) is 5. The van der Waals surface area contributed by atoms with Crippen molar-refractivity contribution >= 4 is 17.3 Å². The van der Waals surface area contributed by atoms with Gasteiger partial charge in [-0.1, -0.05) is 0 Å². The van der Waals surface area contributed by atoms with Gasteiger partial charge >= 0.3 is 5.97 Å². The Morgan fingerprint density at radius 3 is 2.81 bits per heavy atom. The summed E-state index contributed by atoms with van der Waals surface area (Å²) in [6.07, 6.45) is 1.05. The Morgan fingerprint density at radius 2 is 2.29 bits per heavy atom. The van der Waals surface area contributed by atoms with Crippen molar-refractivity contribution in [1.29, 1.82) is 0 Å². The molecule has 1 aliphatic rings. The molecule has 2 rings (SSSR count). The lowest BCUT2D eigenvalue weighted by atomic mass is 10.1. The Labute approximate surface area is 122 Å². The highest BCUT2D eigenvalue weighted by Gasteiger charge is 2.24. The highest BCUT2D eigenvalue weighted by atomic mass is 16.6. The summed E-state index contributed by atoms with van der Waals surface area (Å²) in [4.78, 5) is 25.7. The zero-order valence-corrected chi connectivity index (χ0v) is 12.2. The first kappa shape index (κ1) is 15.2. The Hall–Kier alpha value is -2.15. The highest BCUT2D eigenvalue weighted by Crippen LogP contribution is 2.30. The van der Waals surface area contributed by atoms with E-state index in [0.717, 1.165) is 19.5 Å². The summed E-state index contributed by atoms with van der Waals surface area (Å²) in [6, 6.07) is 3.90. The van der Waals surface area contributed by atoms with E-state index in [1.165, 1.54) is 18.2 Å². The van der Waals surface area contributed by atoms with Crippen LogP contribution in [-0.4, -0.2) is 54.6 Å². The van der Waals surface area contributed by atoms with Gasteiger partial charge in [-0.25, -0.2) is 4.79 Å². The molecule has 7 heteroatoms. The summed E-state index contributed by atoms with van der Waals surface area (Å²) in [5, 5.41) is 20.2. The number of carbonyl (C=O) groups is 1. The van der Waals surface area contributed by atoms with Crippen LogP contribution in [0.2, 0.25) is 0 Å². The van der Waals surface area contributed by atoms with Crippen LogP contribution >= 0.6 is 0 Å². The van der Waals surface area contributed by atoms with Crippen molar-refractivity contribution in [3.63, 3.8) is 0 Å². The number of nitrogens with zero attached hydrogens (tertiary/aromatic N) is 3. The van der Waals surface area contributed by atoms with Gasteiger partial charge in [0.25, 0.3) is 5.69 Å². The van der Waals surface area contributed by atoms with E-state index in [4.69, 9.17) is 5.11 Å². The van der Waals surface area contributed by atoms with Crippen molar-refractivity contribution in [3.05, 3.63) is 33.9 Å². The van der Waals surface area contributed by atoms with Gasteiger partial charge in [-0.15, -0.1) is 0 Å². The van der Waals surface area contributed by atoms with Gasteiger partial charge in [0.15, 0.2) is 0 Å². The lowest BCUT2D eigenvalue weighted by molar-refractivity contribution is -0.384. The predicted octanol–water partition coefficient (Wildman–Crippen LogP) is 1.68. The Morgan fingerprint density at radius 1 is 1.57 bits per heavy atom. The quantitative estimate of drug-likeness (QED) is 0.656. The lowest BCUT2D eigenvalue weighted by Crippen LogP contribution is -2.27. The van der Waals surface area contributed by atoms with E-state index in [0.29, 0.717) is 18.2 Å². The maximum absolute atomic E-state index is 11.1. The SMILES string of the molecule is CN1CCC(CN(C)c2cc(C(=O)O)ccc2[N+](=O)[O-])C1. The van der Waals surface area contributed by atoms with Crippen molar-refractivity contribution in [2.24, 2.45) is 5.92 Å². The molecule has 1 fully saturated rings. The molecule has 7 nitrogen and oxygen atoms in total. The van der Waals surface area contributed by atoms with E-state index in [1.54, 1.807) is 11.9 Å². The molecule has 0 spiro atoms. The van der Waals surface area contributed by atoms with Gasteiger partial charge in [0.05, 0.1) is 10.5 Å². The van der Waals surface area contributed by atoms with Crippen molar-refractivity contribution in [1.82, 2.24) is 4.90 Å². The maximum atomic E-state index is 11.1. The number of nitro benzene ring substituents is 1. The Bertz CT molecular complexity index is 561. The van der Waals surface area contributed by atoms with Crippen LogP contribution in [0, 0.1) is 16.0 Å². The third kappa shape index (κ3) is 3.49. The molecule has 1 heterocycles. The number of aromatic carboxylic acids is 1. The lowest BCUT2D eigenvalue weighted by Gasteiger charge is -2.23. The van der Waals surface area contributed by atoms with Gasteiger partial charge < -0.3 is 14.9 Å². The molecule has 0 bridgehead atoms. The van der Waals surface area contributed by atoms with Crippen molar-refractivity contribution < 1.29 is 14.8 Å². The molecular weight excluding hydrogens is 274 g/mol. The molecule has 0 saturated carbocycles. The summed E-state index contributed by atoms with van der Waals surface area (Å²) in [7, 11) is 3.82. The molecule has 0 radical (unpaired) electrons. The summed E-state index contributed by atoms with van der Waals surface area (Å²) >= 11 is 0. The summed E-state index contributed by atoms with van der Waals surface area (Å²) < 4.78 is 0. The number of carboxylic acids is 1. The minimum atomic E-state index is -1.08. The van der Waals surface area contributed by atoms with Crippen LogP contribution in [0.15, 0.2) is 18.2 Å². The molecule has 0 aliphatic carbocycles. The van der Waals surface area contributed by atoms with Gasteiger partial charge in [0.1, 0.15) is 5.69 Å². The fourth-order valence-corrected chi connectivity index (χ4v) is 2.78. The topological polar surface area (TPSA) is 86.9 Å². The number of carboxylic acid groups (broad SMARTS) is 1. The fourth-order valence-electron chi connectivity index (χ4n) is 2.78. The molecule has 0 aromatic heterocycles. The summed E-state index contributed by atoms with van der Waals surface area (Å²) in [5.74, 6) is -0.645. The number of rotatable bonds is 5. The largest absolute Gasteiger partial charge is 0.478 e. The predicted molar refractivity (Wildman–Crippen MR) is 78.9 cm³/mol. The zero-order chi connectivity index (χ0) is 15.6. The second-order valence-corrected chi connectivity index (χ2v) is 5.56. The van der Waals surface area contributed by atoms with Crippen LogP contribution in [0.25, 0.3) is 0 Å². The third-order valence-electron chi connectivity index (χ3n) is 3.85. The number of hydrogen-bond donors (Lipinski definition) is 1. The molecule has 1 aromatic carbocycles. The van der Waals surface area contributed by atoms with Gasteiger partial charge in [-0.05, 0) is 38.1 Å². The standard InChI is InChI=1S/C14H19N3O4/c1-15-6-5-10(8-15)9-16(2)13-7-11(14(18)19)3-4-12(13)17(20)21/h3-4,7,10H,5-6,8-9H2,1-2H3,(H,18,19). The van der Waals surface area contributed by atoms with Crippen LogP contribution in [-0.2, 0) is 0 Å². The van der Waals surface area contributed by atoms with Gasteiger partial charge in [0, 0.05) is 26.2 Å². The van der Waals surface area contributed by atoms with Gasteiger partial charge in [-0.2, -0.15) is 0 Å². The van der Waals surface area contributed by atoms with Crippen molar-refractivity contribution in [3.8, 4) is 0 Å². The first-order valence-electron chi connectivity index (χ1n) is 6.80. The summed E-state index contributed by atoms with van der Waals surface area (Å²) in [6.45, 7) is 2.65. The minimum absolute atomic E-state index is 0.0611. The monoisotopic (exact) mass is 293 g/mol. The molecule has 21 heavy (non-hydrogen) atoms. The van der Waals surface area contributed by atoms with Crippen LogP contribution in [0.3, 0.4) is 0 Å². The first-order valence-corrected chi connectivity index (χ1v) is 6.80. The maximum Gasteiger partial charge on any atom is 0.335 e. The Balaban J connectivity index is 2.24. The molecule has 1 aromatic rings. The zero-order valence-electron chi connectivity index (χ0n) is 12.2. The second kappa shape index (κ2) is 6.09. The highest BCUT2D eigenvalue weighted by molar-refractivity contribution is 5.90. The molecule has 1 atom stereocenters. The average molecular weight is 293 g/mol. The molecule has 114 valence electrons.